The fraction of sp³-hybridized carbons (Fsp3) is 0.333. The van der Waals surface area contributed by atoms with Crippen molar-refractivity contribution >= 4 is 40.1 Å². The fourth-order valence-electron chi connectivity index (χ4n) is 5.25. The number of hydrogen-bond acceptors (Lipinski definition) is 7. The van der Waals surface area contributed by atoms with E-state index in [9.17, 15) is 4.79 Å². The molecule has 0 aliphatic carbocycles. The van der Waals surface area contributed by atoms with E-state index in [0.29, 0.717) is 27.4 Å². The minimum absolute atomic E-state index is 0.204. The number of para-hydroxylation sites is 1. The summed E-state index contributed by atoms with van der Waals surface area (Å²) in [7, 11) is 0. The van der Waals surface area contributed by atoms with Crippen molar-refractivity contribution in [1.82, 2.24) is 19.5 Å². The standard InChI is InChI=1S/C27H26ClN5O2S/c1-18-13-27(16-35-18)9-11-32(12-10-27)22-14-30-23(15-29-22)36-21-8-7-20-24(25(21)28)26(34)33(17-31-20)19-5-3-2-4-6-19/h2-8,14-15,17-18H,9-13,16H2,1H3/t18-/m0/s1. The van der Waals surface area contributed by atoms with Crippen LogP contribution < -0.4 is 10.5 Å². The topological polar surface area (TPSA) is 73.1 Å². The zero-order chi connectivity index (χ0) is 24.7. The van der Waals surface area contributed by atoms with E-state index >= 15 is 0 Å². The second-order valence-electron chi connectivity index (χ2n) is 9.65. The first-order valence-corrected chi connectivity index (χ1v) is 13.3. The molecule has 0 N–H and O–H groups in total. The number of piperidine rings is 1. The number of ether oxygens (including phenoxy) is 1. The van der Waals surface area contributed by atoms with Crippen LogP contribution in [-0.4, -0.2) is 45.3 Å². The Morgan fingerprint density at radius 3 is 2.56 bits per heavy atom. The van der Waals surface area contributed by atoms with Crippen molar-refractivity contribution in [3.63, 3.8) is 0 Å². The number of nitrogens with zero attached hydrogens (tertiary/aromatic N) is 5. The molecule has 0 bridgehead atoms. The highest BCUT2D eigenvalue weighted by atomic mass is 35.5. The van der Waals surface area contributed by atoms with Gasteiger partial charge in [0.2, 0.25) is 0 Å². The van der Waals surface area contributed by atoms with Crippen molar-refractivity contribution in [2.24, 2.45) is 5.41 Å². The van der Waals surface area contributed by atoms with Crippen LogP contribution in [0.15, 0.2) is 75.9 Å². The molecule has 2 saturated heterocycles. The first kappa shape index (κ1) is 23.5. The van der Waals surface area contributed by atoms with Gasteiger partial charge in [-0.15, -0.1) is 0 Å². The van der Waals surface area contributed by atoms with Crippen LogP contribution in [0.5, 0.6) is 0 Å². The molecule has 2 aliphatic rings. The molecule has 7 nitrogen and oxygen atoms in total. The number of halogens is 1. The normalized spacial score (nSPS) is 19.3. The predicted molar refractivity (Wildman–Crippen MR) is 142 cm³/mol. The van der Waals surface area contributed by atoms with Gasteiger partial charge in [-0.05, 0) is 55.9 Å². The van der Waals surface area contributed by atoms with Gasteiger partial charge in [-0.3, -0.25) is 9.36 Å². The highest BCUT2D eigenvalue weighted by Crippen LogP contribution is 2.42. The van der Waals surface area contributed by atoms with Crippen LogP contribution in [0, 0.1) is 5.41 Å². The molecule has 0 saturated carbocycles. The van der Waals surface area contributed by atoms with E-state index in [1.165, 1.54) is 22.7 Å². The summed E-state index contributed by atoms with van der Waals surface area (Å²) in [6, 6.07) is 13.1. The molecule has 4 aromatic rings. The Labute approximate surface area is 218 Å². The highest BCUT2D eigenvalue weighted by Gasteiger charge is 2.41. The van der Waals surface area contributed by atoms with Gasteiger partial charge in [-0.2, -0.15) is 0 Å². The molecular formula is C27H26ClN5O2S. The van der Waals surface area contributed by atoms with Gasteiger partial charge in [-0.25, -0.2) is 15.0 Å². The van der Waals surface area contributed by atoms with Crippen LogP contribution >= 0.6 is 23.4 Å². The molecule has 2 fully saturated rings. The van der Waals surface area contributed by atoms with Crippen LogP contribution in [-0.2, 0) is 4.74 Å². The summed E-state index contributed by atoms with van der Waals surface area (Å²) >= 11 is 8.13. The van der Waals surface area contributed by atoms with Crippen molar-refractivity contribution in [3.05, 3.63) is 76.6 Å². The molecule has 1 atom stereocenters. The van der Waals surface area contributed by atoms with Crippen molar-refractivity contribution in [2.75, 3.05) is 24.6 Å². The average Bonchev–Trinajstić information content (AvgIpc) is 3.27. The zero-order valence-electron chi connectivity index (χ0n) is 19.9. The average molecular weight is 520 g/mol. The van der Waals surface area contributed by atoms with E-state index in [0.717, 1.165) is 60.4 Å². The van der Waals surface area contributed by atoms with Crippen LogP contribution in [0.4, 0.5) is 5.82 Å². The van der Waals surface area contributed by atoms with Gasteiger partial charge in [0.1, 0.15) is 17.2 Å². The second-order valence-corrected chi connectivity index (χ2v) is 11.1. The van der Waals surface area contributed by atoms with Gasteiger partial charge in [-0.1, -0.05) is 41.6 Å². The lowest BCUT2D eigenvalue weighted by Gasteiger charge is -2.38. The molecular weight excluding hydrogens is 494 g/mol. The third-order valence-electron chi connectivity index (χ3n) is 7.24. The van der Waals surface area contributed by atoms with Gasteiger partial charge in [0.15, 0.2) is 0 Å². The summed E-state index contributed by atoms with van der Waals surface area (Å²) in [5.74, 6) is 0.890. The summed E-state index contributed by atoms with van der Waals surface area (Å²) in [5, 5.41) is 1.49. The molecule has 0 radical (unpaired) electrons. The lowest BCUT2D eigenvalue weighted by Crippen LogP contribution is -2.41. The Hall–Kier alpha value is -2.94. The van der Waals surface area contributed by atoms with E-state index in [4.69, 9.17) is 16.3 Å². The number of rotatable bonds is 4. The Kier molecular flexibility index (Phi) is 6.19. The number of benzene rings is 2. The Balaban J connectivity index is 1.21. The van der Waals surface area contributed by atoms with Crippen molar-refractivity contribution in [1.29, 1.82) is 0 Å². The second kappa shape index (κ2) is 9.50. The Morgan fingerprint density at radius 2 is 1.86 bits per heavy atom. The minimum atomic E-state index is -0.204. The molecule has 2 aromatic carbocycles. The predicted octanol–water partition coefficient (Wildman–Crippen LogP) is 5.38. The van der Waals surface area contributed by atoms with E-state index in [2.05, 4.69) is 26.8 Å². The number of fused-ring (bicyclic) bond motifs is 1. The fourth-order valence-corrected chi connectivity index (χ4v) is 6.37. The van der Waals surface area contributed by atoms with Gasteiger partial charge in [0, 0.05) is 18.0 Å². The van der Waals surface area contributed by atoms with Crippen LogP contribution in [0.25, 0.3) is 16.6 Å². The van der Waals surface area contributed by atoms with E-state index in [1.807, 2.05) is 48.7 Å². The van der Waals surface area contributed by atoms with E-state index in [-0.39, 0.29) is 5.56 Å². The van der Waals surface area contributed by atoms with Crippen molar-refractivity contribution in [2.45, 2.75) is 42.2 Å². The van der Waals surface area contributed by atoms with Gasteiger partial charge < -0.3 is 9.64 Å². The highest BCUT2D eigenvalue weighted by molar-refractivity contribution is 7.99. The van der Waals surface area contributed by atoms with Gasteiger partial charge >= 0.3 is 0 Å². The summed E-state index contributed by atoms with van der Waals surface area (Å²) < 4.78 is 7.36. The maximum atomic E-state index is 13.3. The maximum absolute atomic E-state index is 13.3. The molecule has 36 heavy (non-hydrogen) atoms. The summed E-state index contributed by atoms with van der Waals surface area (Å²) in [4.78, 5) is 30.1. The molecule has 0 unspecified atom stereocenters. The summed E-state index contributed by atoms with van der Waals surface area (Å²) in [6.45, 7) is 4.98. The van der Waals surface area contributed by atoms with Crippen LogP contribution in [0.2, 0.25) is 5.02 Å². The number of hydrogen-bond donors (Lipinski definition) is 0. The first-order chi connectivity index (χ1) is 17.5. The quantitative estimate of drug-likeness (QED) is 0.358. The number of anilines is 1. The Morgan fingerprint density at radius 1 is 1.06 bits per heavy atom. The summed E-state index contributed by atoms with van der Waals surface area (Å²) in [6.07, 6.45) is 8.90. The van der Waals surface area contributed by atoms with Gasteiger partial charge in [0.25, 0.3) is 5.56 Å². The molecule has 184 valence electrons. The van der Waals surface area contributed by atoms with E-state index in [1.54, 1.807) is 6.20 Å². The third-order valence-corrected chi connectivity index (χ3v) is 8.72. The van der Waals surface area contributed by atoms with E-state index < -0.39 is 0 Å². The summed E-state index contributed by atoms with van der Waals surface area (Å²) in [5.41, 5.74) is 1.43. The minimum Gasteiger partial charge on any atom is -0.378 e. The zero-order valence-corrected chi connectivity index (χ0v) is 21.5. The smallest absolute Gasteiger partial charge is 0.267 e. The SMILES string of the molecule is C[C@H]1CC2(CCN(c3cnc(Sc4ccc5ncn(-c6ccccc6)c(=O)c5c4Cl)cn3)CC2)CO1. The molecule has 2 aliphatic heterocycles. The maximum Gasteiger partial charge on any atom is 0.267 e. The van der Waals surface area contributed by atoms with Crippen molar-refractivity contribution < 1.29 is 4.74 Å². The molecule has 9 heteroatoms. The monoisotopic (exact) mass is 519 g/mol. The first-order valence-electron chi connectivity index (χ1n) is 12.1. The van der Waals surface area contributed by atoms with Crippen LogP contribution in [0.3, 0.4) is 0 Å². The van der Waals surface area contributed by atoms with Crippen LogP contribution in [0.1, 0.15) is 26.2 Å². The largest absolute Gasteiger partial charge is 0.378 e. The van der Waals surface area contributed by atoms with Crippen molar-refractivity contribution in [3.8, 4) is 5.69 Å². The molecule has 1 spiro atoms. The molecule has 0 amide bonds. The molecule has 4 heterocycles. The molecule has 2 aromatic heterocycles. The third kappa shape index (κ3) is 4.38. The molecule has 6 rings (SSSR count). The lowest BCUT2D eigenvalue weighted by molar-refractivity contribution is 0.0976. The van der Waals surface area contributed by atoms with Gasteiger partial charge in [0.05, 0.1) is 46.7 Å². The Bertz CT molecular complexity index is 1450. The number of aromatic nitrogens is 4. The lowest BCUT2D eigenvalue weighted by atomic mass is 9.77.